The number of hydrogen-bond donors (Lipinski definition) is 6. The summed E-state index contributed by atoms with van der Waals surface area (Å²) >= 11 is 0. The van der Waals surface area contributed by atoms with Crippen molar-refractivity contribution >= 4 is 11.9 Å². The third-order valence-corrected chi connectivity index (χ3v) is 12.4. The molecule has 1 amide bonds. The summed E-state index contributed by atoms with van der Waals surface area (Å²) in [4.78, 5) is 26.3. The first-order chi connectivity index (χ1) is 32.7. The van der Waals surface area contributed by atoms with Crippen molar-refractivity contribution in [3.05, 3.63) is 60.8 Å². The summed E-state index contributed by atoms with van der Waals surface area (Å²) in [6, 6.07) is -1.06. The second-order valence-corrected chi connectivity index (χ2v) is 18.6. The second-order valence-electron chi connectivity index (χ2n) is 18.6. The van der Waals surface area contributed by atoms with Crippen molar-refractivity contribution in [2.75, 3.05) is 13.2 Å². The Morgan fingerprint density at radius 3 is 1.64 bits per heavy atom. The minimum atomic E-state index is -1.63. The maximum absolute atomic E-state index is 13.3. The summed E-state index contributed by atoms with van der Waals surface area (Å²) in [5.41, 5.74) is 0. The van der Waals surface area contributed by atoms with Crippen LogP contribution in [0.3, 0.4) is 0 Å². The van der Waals surface area contributed by atoms with Crippen LogP contribution in [-0.2, 0) is 23.8 Å². The Labute approximate surface area is 408 Å². The van der Waals surface area contributed by atoms with E-state index < -0.39 is 67.4 Å². The van der Waals surface area contributed by atoms with Gasteiger partial charge in [-0.15, -0.1) is 0 Å². The molecule has 0 aromatic carbocycles. The number of ether oxygens (including phenoxy) is 3. The molecule has 388 valence electrons. The minimum Gasteiger partial charge on any atom is -0.454 e. The lowest BCUT2D eigenvalue weighted by molar-refractivity contribution is -0.305. The summed E-state index contributed by atoms with van der Waals surface area (Å²) in [5.74, 6) is -1.28. The van der Waals surface area contributed by atoms with Crippen LogP contribution in [0.15, 0.2) is 60.8 Å². The molecule has 0 saturated carbocycles. The maximum Gasteiger partial charge on any atom is 0.306 e. The smallest absolute Gasteiger partial charge is 0.306 e. The molecule has 6 N–H and O–H groups in total. The van der Waals surface area contributed by atoms with Crippen LogP contribution in [0.4, 0.5) is 0 Å². The third-order valence-electron chi connectivity index (χ3n) is 12.4. The van der Waals surface area contributed by atoms with Gasteiger partial charge in [-0.05, 0) is 64.2 Å². The number of hydrogen-bond acceptors (Lipinski definition) is 10. The van der Waals surface area contributed by atoms with E-state index in [1.807, 2.05) is 12.2 Å². The van der Waals surface area contributed by atoms with Crippen molar-refractivity contribution in [2.45, 2.75) is 269 Å². The average molecular weight is 946 g/mol. The summed E-state index contributed by atoms with van der Waals surface area (Å²) in [6.07, 6.45) is 42.9. The zero-order valence-electron chi connectivity index (χ0n) is 42.5. The summed E-state index contributed by atoms with van der Waals surface area (Å²) < 4.78 is 17.5. The van der Waals surface area contributed by atoms with Crippen LogP contribution < -0.4 is 5.32 Å². The van der Waals surface area contributed by atoms with Gasteiger partial charge in [-0.25, -0.2) is 0 Å². The van der Waals surface area contributed by atoms with Crippen LogP contribution in [-0.4, -0.2) is 99.6 Å². The van der Waals surface area contributed by atoms with Gasteiger partial charge >= 0.3 is 5.97 Å². The number of aliphatic hydroxyl groups excluding tert-OH is 5. The molecular formula is C56H99NO10. The van der Waals surface area contributed by atoms with Crippen LogP contribution in [0.25, 0.3) is 0 Å². The van der Waals surface area contributed by atoms with Gasteiger partial charge in [0.05, 0.1) is 25.4 Å². The molecule has 8 unspecified atom stereocenters. The highest BCUT2D eigenvalue weighted by Gasteiger charge is 2.47. The number of amides is 1. The van der Waals surface area contributed by atoms with Crippen LogP contribution in [0.5, 0.6) is 0 Å². The van der Waals surface area contributed by atoms with Gasteiger partial charge in [-0.3, -0.25) is 9.59 Å². The molecule has 8 atom stereocenters. The molecule has 0 radical (unpaired) electrons. The lowest BCUT2D eigenvalue weighted by Crippen LogP contribution is -2.61. The first kappa shape index (κ1) is 62.4. The molecule has 1 saturated heterocycles. The van der Waals surface area contributed by atoms with E-state index in [0.717, 1.165) is 77.0 Å². The monoisotopic (exact) mass is 946 g/mol. The van der Waals surface area contributed by atoms with Crippen LogP contribution in [0.1, 0.15) is 220 Å². The molecule has 0 aromatic rings. The fourth-order valence-corrected chi connectivity index (χ4v) is 8.04. The molecule has 1 aliphatic rings. The molecule has 1 fully saturated rings. The van der Waals surface area contributed by atoms with Gasteiger partial charge in [0, 0.05) is 12.8 Å². The van der Waals surface area contributed by atoms with Crippen molar-refractivity contribution in [3.8, 4) is 0 Å². The van der Waals surface area contributed by atoms with Gasteiger partial charge in [-0.2, -0.15) is 0 Å². The molecule has 0 bridgehead atoms. The largest absolute Gasteiger partial charge is 0.454 e. The van der Waals surface area contributed by atoms with Gasteiger partial charge < -0.3 is 45.1 Å². The van der Waals surface area contributed by atoms with E-state index >= 15 is 0 Å². The molecule has 1 rings (SSSR count). The molecule has 1 aliphatic heterocycles. The Balaban J connectivity index is 2.80. The zero-order chi connectivity index (χ0) is 49.0. The second kappa shape index (κ2) is 44.6. The predicted octanol–water partition coefficient (Wildman–Crippen LogP) is 11.5. The highest BCUT2D eigenvalue weighted by atomic mass is 16.7. The summed E-state index contributed by atoms with van der Waals surface area (Å²) in [5, 5.41) is 56.5. The summed E-state index contributed by atoms with van der Waals surface area (Å²) in [6.45, 7) is 5.66. The molecular weight excluding hydrogens is 847 g/mol. The van der Waals surface area contributed by atoms with Crippen molar-refractivity contribution < 1.29 is 49.3 Å². The lowest BCUT2D eigenvalue weighted by Gasteiger charge is -2.41. The average Bonchev–Trinajstić information content (AvgIpc) is 3.32. The fourth-order valence-electron chi connectivity index (χ4n) is 8.04. The lowest BCUT2D eigenvalue weighted by atomic mass is 9.99. The molecule has 67 heavy (non-hydrogen) atoms. The predicted molar refractivity (Wildman–Crippen MR) is 273 cm³/mol. The number of nitrogens with one attached hydrogen (secondary N) is 1. The first-order valence-corrected chi connectivity index (χ1v) is 27.1. The number of esters is 1. The summed E-state index contributed by atoms with van der Waals surface area (Å²) in [7, 11) is 0. The molecule has 11 heteroatoms. The van der Waals surface area contributed by atoms with Gasteiger partial charge in [0.2, 0.25) is 5.91 Å². The van der Waals surface area contributed by atoms with E-state index in [9.17, 15) is 35.1 Å². The molecule has 0 aromatic heterocycles. The molecule has 0 aliphatic carbocycles. The molecule has 1 heterocycles. The number of aliphatic hydroxyl groups is 5. The standard InChI is InChI=1S/C56H99NO10/c1-4-7-10-13-16-19-22-24-25-26-29-32-35-38-41-44-51(61)67-54-53(63)52(62)50(45-58)66-56(54)65-46-47(48(59)42-39-36-33-30-27-21-18-15-12-9-6-3)57-55(64)49(60)43-40-37-34-31-28-23-20-17-14-11-8-5-2/h16,19,22,24,28,31,37,39-40,42,47-50,52-54,56,58-60,62-63H,4-15,17-18,20-21,23,25-27,29-30,32-36,38,41,43-46H2,1-3H3,(H,57,64)/b19-16+,24-22+,31-28-,40-37+,42-39+. The SMILES string of the molecule is CCCCC/C=C/C=C/CCCCCCCCC(=O)OC1C(OCC(NC(=O)C(O)C/C=C/C/C=C\CCCCCCCC)C(O)/C=C/CCCCCCCCCCC)OC(CO)C(O)C1O. The highest BCUT2D eigenvalue weighted by Crippen LogP contribution is 2.26. The van der Waals surface area contributed by atoms with Crippen molar-refractivity contribution in [2.24, 2.45) is 0 Å². The third kappa shape index (κ3) is 33.5. The van der Waals surface area contributed by atoms with Crippen molar-refractivity contribution in [1.82, 2.24) is 5.32 Å². The molecule has 11 nitrogen and oxygen atoms in total. The number of carbonyl (C=O) groups is 2. The van der Waals surface area contributed by atoms with Crippen molar-refractivity contribution in [3.63, 3.8) is 0 Å². The van der Waals surface area contributed by atoms with Crippen LogP contribution >= 0.6 is 0 Å². The normalized spacial score (nSPS) is 20.5. The Morgan fingerprint density at radius 2 is 1.07 bits per heavy atom. The van der Waals surface area contributed by atoms with Crippen molar-refractivity contribution in [1.29, 1.82) is 0 Å². The minimum absolute atomic E-state index is 0.0796. The van der Waals surface area contributed by atoms with Crippen LogP contribution in [0.2, 0.25) is 0 Å². The number of unbranched alkanes of at least 4 members (excludes halogenated alkanes) is 24. The van der Waals surface area contributed by atoms with Gasteiger partial charge in [-0.1, -0.05) is 204 Å². The van der Waals surface area contributed by atoms with Gasteiger partial charge in [0.1, 0.15) is 24.4 Å². The Morgan fingerprint density at radius 1 is 0.597 bits per heavy atom. The van der Waals surface area contributed by atoms with E-state index in [-0.39, 0.29) is 19.4 Å². The van der Waals surface area contributed by atoms with E-state index in [0.29, 0.717) is 12.8 Å². The number of carbonyl (C=O) groups excluding carboxylic acids is 2. The van der Waals surface area contributed by atoms with E-state index in [2.05, 4.69) is 62.5 Å². The Kier molecular flexibility index (Phi) is 41.5. The highest BCUT2D eigenvalue weighted by molar-refractivity contribution is 5.81. The van der Waals surface area contributed by atoms with E-state index in [1.54, 1.807) is 12.2 Å². The van der Waals surface area contributed by atoms with Gasteiger partial charge in [0.15, 0.2) is 12.4 Å². The van der Waals surface area contributed by atoms with E-state index in [1.165, 1.54) is 96.3 Å². The maximum atomic E-state index is 13.3. The molecule has 0 spiro atoms. The zero-order valence-corrected chi connectivity index (χ0v) is 42.5. The van der Waals surface area contributed by atoms with Gasteiger partial charge in [0.25, 0.3) is 0 Å². The van der Waals surface area contributed by atoms with E-state index in [4.69, 9.17) is 14.2 Å². The first-order valence-electron chi connectivity index (χ1n) is 27.1. The quantitative estimate of drug-likeness (QED) is 0.0149. The number of rotatable bonds is 44. The number of allylic oxidation sites excluding steroid dienone is 8. The fraction of sp³-hybridized carbons (Fsp3) is 0.786. The van der Waals surface area contributed by atoms with Crippen LogP contribution in [0, 0.1) is 0 Å². The topological polar surface area (TPSA) is 175 Å². The Hall–Kier alpha value is -2.64. The Bertz CT molecular complexity index is 1320.